The Morgan fingerprint density at radius 2 is 1.77 bits per heavy atom. The number of amides is 2. The average Bonchev–Trinajstić information content (AvgIpc) is 3.30. The molecule has 0 spiro atoms. The van der Waals surface area contributed by atoms with E-state index in [-0.39, 0.29) is 19.1 Å². The van der Waals surface area contributed by atoms with Crippen LogP contribution in [0.5, 0.6) is 0 Å². The number of thiophene rings is 1. The van der Waals surface area contributed by atoms with Crippen molar-refractivity contribution in [1.82, 2.24) is 5.32 Å². The van der Waals surface area contributed by atoms with Crippen LogP contribution in [0.4, 0.5) is 5.69 Å². The number of aryl methyl sites for hydroxylation is 1. The Labute approximate surface area is 185 Å². The number of nitrogens with one attached hydrogen (secondary N) is 2. The van der Waals surface area contributed by atoms with E-state index in [4.69, 9.17) is 4.74 Å². The van der Waals surface area contributed by atoms with E-state index >= 15 is 0 Å². The number of rotatable bonds is 10. The van der Waals surface area contributed by atoms with Crippen LogP contribution in [-0.2, 0) is 27.4 Å². The van der Waals surface area contributed by atoms with Crippen LogP contribution in [0.1, 0.15) is 33.6 Å². The van der Waals surface area contributed by atoms with Crippen molar-refractivity contribution < 1.29 is 19.1 Å². The van der Waals surface area contributed by atoms with Crippen molar-refractivity contribution in [1.29, 1.82) is 0 Å². The number of benzene rings is 2. The first-order valence-electron chi connectivity index (χ1n) is 10.0. The molecule has 0 saturated carbocycles. The van der Waals surface area contributed by atoms with Gasteiger partial charge in [0.2, 0.25) is 5.91 Å². The predicted molar refractivity (Wildman–Crippen MR) is 121 cm³/mol. The third kappa shape index (κ3) is 7.71. The van der Waals surface area contributed by atoms with Gasteiger partial charge in [-0.1, -0.05) is 42.5 Å². The lowest BCUT2D eigenvalue weighted by atomic mass is 10.1. The molecule has 31 heavy (non-hydrogen) atoms. The summed E-state index contributed by atoms with van der Waals surface area (Å²) in [6.07, 6.45) is 2.03. The zero-order valence-corrected chi connectivity index (χ0v) is 17.8. The highest BCUT2D eigenvalue weighted by molar-refractivity contribution is 7.09. The summed E-state index contributed by atoms with van der Waals surface area (Å²) < 4.78 is 5.15. The summed E-state index contributed by atoms with van der Waals surface area (Å²) in [5.74, 6) is -1.03. The molecule has 0 unspecified atom stereocenters. The Morgan fingerprint density at radius 3 is 2.55 bits per heavy atom. The van der Waals surface area contributed by atoms with Crippen LogP contribution in [0, 0.1) is 0 Å². The third-order valence-electron chi connectivity index (χ3n) is 4.45. The summed E-state index contributed by atoms with van der Waals surface area (Å²) in [5, 5.41) is 7.38. The predicted octanol–water partition coefficient (Wildman–Crippen LogP) is 4.18. The minimum absolute atomic E-state index is 0.0985. The molecule has 1 heterocycles. The lowest BCUT2D eigenvalue weighted by Crippen LogP contribution is -2.30. The lowest BCUT2D eigenvalue weighted by molar-refractivity contribution is -0.143. The first-order chi connectivity index (χ1) is 15.1. The fourth-order valence-electron chi connectivity index (χ4n) is 2.88. The van der Waals surface area contributed by atoms with Crippen LogP contribution in [0.2, 0.25) is 0 Å². The van der Waals surface area contributed by atoms with Gasteiger partial charge in [-0.2, -0.15) is 0 Å². The van der Waals surface area contributed by atoms with Gasteiger partial charge >= 0.3 is 5.97 Å². The van der Waals surface area contributed by atoms with E-state index in [1.807, 2.05) is 41.8 Å². The Balaban J connectivity index is 1.41. The van der Waals surface area contributed by atoms with Crippen LogP contribution in [0.25, 0.3) is 0 Å². The van der Waals surface area contributed by atoms with Crippen molar-refractivity contribution in [2.24, 2.45) is 0 Å². The molecule has 0 radical (unpaired) electrons. The first-order valence-corrected chi connectivity index (χ1v) is 10.9. The summed E-state index contributed by atoms with van der Waals surface area (Å²) in [7, 11) is 0. The van der Waals surface area contributed by atoms with Gasteiger partial charge in [-0.3, -0.25) is 14.4 Å². The number of anilines is 1. The van der Waals surface area contributed by atoms with Gasteiger partial charge in [-0.25, -0.2) is 0 Å². The van der Waals surface area contributed by atoms with Gasteiger partial charge < -0.3 is 15.4 Å². The Hall–Kier alpha value is -3.45. The highest BCUT2D eigenvalue weighted by atomic mass is 32.1. The standard InChI is InChI=1S/C24H24N2O4S/c27-22(13-5-11-21-12-6-14-31-21)26-20-10-4-9-19(15-20)24(29)25-16-23(28)30-17-18-7-2-1-3-8-18/h1-4,6-10,12,14-15H,5,11,13,16-17H2,(H,25,29)(H,26,27). The Kier molecular flexibility index (Phi) is 8.37. The molecule has 3 aromatic rings. The van der Waals surface area contributed by atoms with Gasteiger partial charge in [-0.05, 0) is 48.1 Å². The van der Waals surface area contributed by atoms with Crippen molar-refractivity contribution in [3.63, 3.8) is 0 Å². The zero-order valence-electron chi connectivity index (χ0n) is 17.0. The number of hydrogen-bond donors (Lipinski definition) is 2. The van der Waals surface area contributed by atoms with Crippen LogP contribution in [0.3, 0.4) is 0 Å². The maximum atomic E-state index is 12.3. The van der Waals surface area contributed by atoms with E-state index in [1.54, 1.807) is 35.6 Å². The summed E-state index contributed by atoms with van der Waals surface area (Å²) in [5.41, 5.74) is 1.77. The highest BCUT2D eigenvalue weighted by Crippen LogP contribution is 2.14. The van der Waals surface area contributed by atoms with Crippen molar-refractivity contribution in [2.45, 2.75) is 25.9 Å². The summed E-state index contributed by atoms with van der Waals surface area (Å²) in [6.45, 7) is -0.0749. The second-order valence-electron chi connectivity index (χ2n) is 6.89. The third-order valence-corrected chi connectivity index (χ3v) is 5.39. The maximum absolute atomic E-state index is 12.3. The molecule has 160 valence electrons. The monoisotopic (exact) mass is 436 g/mol. The summed E-state index contributed by atoms with van der Waals surface area (Å²) in [4.78, 5) is 37.6. The fraction of sp³-hybridized carbons (Fsp3) is 0.208. The van der Waals surface area contributed by atoms with Gasteiger partial charge in [0.05, 0.1) is 0 Å². The van der Waals surface area contributed by atoms with Crippen LogP contribution in [0.15, 0.2) is 72.1 Å². The normalized spacial score (nSPS) is 10.3. The van der Waals surface area contributed by atoms with Crippen LogP contribution < -0.4 is 10.6 Å². The molecular weight excluding hydrogens is 412 g/mol. The fourth-order valence-corrected chi connectivity index (χ4v) is 3.63. The smallest absolute Gasteiger partial charge is 0.325 e. The first kappa shape index (κ1) is 22.2. The number of hydrogen-bond acceptors (Lipinski definition) is 5. The van der Waals surface area contributed by atoms with Crippen molar-refractivity contribution in [2.75, 3.05) is 11.9 Å². The lowest BCUT2D eigenvalue weighted by Gasteiger charge is -2.09. The molecule has 0 aliphatic heterocycles. The van der Waals surface area contributed by atoms with E-state index < -0.39 is 11.9 Å². The largest absolute Gasteiger partial charge is 0.460 e. The maximum Gasteiger partial charge on any atom is 0.325 e. The van der Waals surface area contributed by atoms with Crippen LogP contribution >= 0.6 is 11.3 Å². The SMILES string of the molecule is O=C(CCCc1cccs1)Nc1cccc(C(=O)NCC(=O)OCc2ccccc2)c1. The molecule has 2 N–H and O–H groups in total. The molecule has 0 atom stereocenters. The minimum atomic E-state index is -0.521. The molecule has 7 heteroatoms. The van der Waals surface area contributed by atoms with Gasteiger partial charge in [0.1, 0.15) is 13.2 Å². The number of carbonyl (C=O) groups is 3. The highest BCUT2D eigenvalue weighted by Gasteiger charge is 2.11. The number of ether oxygens (including phenoxy) is 1. The average molecular weight is 437 g/mol. The van der Waals surface area contributed by atoms with Crippen LogP contribution in [-0.4, -0.2) is 24.3 Å². The molecule has 1 aromatic heterocycles. The van der Waals surface area contributed by atoms with Gasteiger partial charge in [0, 0.05) is 22.5 Å². The second-order valence-corrected chi connectivity index (χ2v) is 7.92. The van der Waals surface area contributed by atoms with Gasteiger partial charge in [-0.15, -0.1) is 11.3 Å². The molecule has 3 rings (SSSR count). The summed E-state index contributed by atoms with van der Waals surface area (Å²) in [6, 6.07) is 20.0. The van der Waals surface area contributed by atoms with Gasteiger partial charge in [0.15, 0.2) is 0 Å². The van der Waals surface area contributed by atoms with E-state index in [9.17, 15) is 14.4 Å². The van der Waals surface area contributed by atoms with Crippen molar-refractivity contribution in [3.05, 3.63) is 88.1 Å². The molecule has 0 saturated heterocycles. The van der Waals surface area contributed by atoms with E-state index in [0.29, 0.717) is 17.7 Å². The molecular formula is C24H24N2O4S. The van der Waals surface area contributed by atoms with E-state index in [1.165, 1.54) is 4.88 Å². The molecule has 0 bridgehead atoms. The van der Waals surface area contributed by atoms with Crippen molar-refractivity contribution in [3.8, 4) is 0 Å². The quantitative estimate of drug-likeness (QED) is 0.467. The molecule has 0 fully saturated rings. The Morgan fingerprint density at radius 1 is 0.935 bits per heavy atom. The number of esters is 1. The molecule has 0 aliphatic rings. The topological polar surface area (TPSA) is 84.5 Å². The molecule has 2 aromatic carbocycles. The van der Waals surface area contributed by atoms with Crippen molar-refractivity contribution >= 4 is 34.8 Å². The minimum Gasteiger partial charge on any atom is -0.460 e. The Bertz CT molecular complexity index is 1000. The molecule has 0 aliphatic carbocycles. The van der Waals surface area contributed by atoms with Gasteiger partial charge in [0.25, 0.3) is 5.91 Å². The number of carbonyl (C=O) groups excluding carboxylic acids is 3. The van der Waals surface area contributed by atoms with E-state index in [2.05, 4.69) is 16.7 Å². The zero-order chi connectivity index (χ0) is 21.9. The molecule has 6 nitrogen and oxygen atoms in total. The molecule has 2 amide bonds. The second kappa shape index (κ2) is 11.7. The summed E-state index contributed by atoms with van der Waals surface area (Å²) >= 11 is 1.68. The van der Waals surface area contributed by atoms with E-state index in [0.717, 1.165) is 18.4 Å².